The molecule has 1 saturated carbocycles. The monoisotopic (exact) mass is 339 g/mol. The first kappa shape index (κ1) is 17.3. The van der Waals surface area contributed by atoms with Crippen molar-refractivity contribution in [3.05, 3.63) is 53.1 Å². The quantitative estimate of drug-likeness (QED) is 0.654. The van der Waals surface area contributed by atoms with Crippen molar-refractivity contribution in [2.24, 2.45) is 11.3 Å². The molecular formula is C21H25NO3. The van der Waals surface area contributed by atoms with Gasteiger partial charge in [0.1, 0.15) is 11.5 Å². The Morgan fingerprint density at radius 2 is 1.80 bits per heavy atom. The van der Waals surface area contributed by atoms with Crippen molar-refractivity contribution in [3.63, 3.8) is 0 Å². The van der Waals surface area contributed by atoms with Crippen LogP contribution in [-0.4, -0.2) is 20.0 Å². The summed E-state index contributed by atoms with van der Waals surface area (Å²) in [4.78, 5) is 13.2. The van der Waals surface area contributed by atoms with E-state index in [0.29, 0.717) is 17.1 Å². The van der Waals surface area contributed by atoms with Crippen molar-refractivity contribution < 1.29 is 14.3 Å². The number of anilines is 1. The zero-order valence-corrected chi connectivity index (χ0v) is 15.4. The number of Topliss-reactive ketones (excluding diaryl/α,β-unsaturated/α-hetero) is 1. The summed E-state index contributed by atoms with van der Waals surface area (Å²) in [5, 5.41) is 0. The van der Waals surface area contributed by atoms with E-state index in [0.717, 1.165) is 16.8 Å². The van der Waals surface area contributed by atoms with Crippen LogP contribution in [0.3, 0.4) is 0 Å². The van der Waals surface area contributed by atoms with Crippen LogP contribution in [0.2, 0.25) is 0 Å². The molecule has 0 aromatic heterocycles. The van der Waals surface area contributed by atoms with Gasteiger partial charge in [0.05, 0.1) is 19.8 Å². The average Bonchev–Trinajstić information content (AvgIpc) is 3.18. The lowest BCUT2D eigenvalue weighted by atomic mass is 10.0. The maximum absolute atomic E-state index is 13.2. The predicted molar refractivity (Wildman–Crippen MR) is 99.5 cm³/mol. The number of ether oxygens (including phenoxy) is 2. The third-order valence-electron chi connectivity index (χ3n) is 5.44. The van der Waals surface area contributed by atoms with Gasteiger partial charge in [-0.1, -0.05) is 26.0 Å². The van der Waals surface area contributed by atoms with Crippen molar-refractivity contribution in [3.8, 4) is 11.5 Å². The highest BCUT2D eigenvalue weighted by Crippen LogP contribution is 2.65. The summed E-state index contributed by atoms with van der Waals surface area (Å²) in [7, 11) is 3.17. The van der Waals surface area contributed by atoms with Crippen LogP contribution < -0.4 is 15.2 Å². The molecule has 1 aliphatic carbocycles. The van der Waals surface area contributed by atoms with Crippen LogP contribution in [0.4, 0.5) is 5.69 Å². The number of methoxy groups -OCH3 is 2. The molecule has 4 heteroatoms. The molecule has 132 valence electrons. The lowest BCUT2D eigenvalue weighted by Crippen LogP contribution is -2.09. The van der Waals surface area contributed by atoms with Crippen molar-refractivity contribution in [2.75, 3.05) is 20.0 Å². The molecule has 0 aliphatic heterocycles. The number of hydrogen-bond acceptors (Lipinski definition) is 4. The van der Waals surface area contributed by atoms with Gasteiger partial charge in [0.2, 0.25) is 0 Å². The smallest absolute Gasteiger partial charge is 0.170 e. The van der Waals surface area contributed by atoms with Crippen molar-refractivity contribution >= 4 is 11.5 Å². The molecule has 2 unspecified atom stereocenters. The molecule has 0 bridgehead atoms. The highest BCUT2D eigenvalue weighted by Gasteiger charge is 2.62. The summed E-state index contributed by atoms with van der Waals surface area (Å²) >= 11 is 0. The summed E-state index contributed by atoms with van der Waals surface area (Å²) in [6.07, 6.45) is 0. The van der Waals surface area contributed by atoms with Gasteiger partial charge < -0.3 is 15.2 Å². The predicted octanol–water partition coefficient (Wildman–Crippen LogP) is 4.22. The van der Waals surface area contributed by atoms with Crippen LogP contribution in [-0.2, 0) is 0 Å². The molecule has 0 saturated heterocycles. The number of carbonyl (C=O) groups is 1. The minimum atomic E-state index is -0.118. The number of nitrogens with two attached hydrogens (primary N) is 1. The lowest BCUT2D eigenvalue weighted by Gasteiger charge is -2.10. The van der Waals surface area contributed by atoms with Crippen LogP contribution in [0, 0.1) is 18.3 Å². The fourth-order valence-electron chi connectivity index (χ4n) is 3.78. The Bertz CT molecular complexity index is 826. The van der Waals surface area contributed by atoms with Gasteiger partial charge in [0, 0.05) is 17.5 Å². The van der Waals surface area contributed by atoms with E-state index in [1.807, 2.05) is 19.1 Å². The molecule has 4 nitrogen and oxygen atoms in total. The third kappa shape index (κ3) is 2.86. The number of rotatable bonds is 5. The largest absolute Gasteiger partial charge is 0.497 e. The molecule has 2 atom stereocenters. The second-order valence-corrected chi connectivity index (χ2v) is 7.32. The maximum atomic E-state index is 13.2. The Morgan fingerprint density at radius 3 is 2.40 bits per heavy atom. The normalized spacial score (nSPS) is 20.8. The Morgan fingerprint density at radius 1 is 1.08 bits per heavy atom. The first-order valence-electron chi connectivity index (χ1n) is 8.43. The number of benzene rings is 2. The summed E-state index contributed by atoms with van der Waals surface area (Å²) in [6.45, 7) is 6.24. The molecular weight excluding hydrogens is 314 g/mol. The molecule has 3 rings (SSSR count). The van der Waals surface area contributed by atoms with Gasteiger partial charge in [-0.15, -0.1) is 0 Å². The minimum Gasteiger partial charge on any atom is -0.497 e. The van der Waals surface area contributed by atoms with E-state index in [9.17, 15) is 4.79 Å². The zero-order chi connectivity index (χ0) is 18.4. The maximum Gasteiger partial charge on any atom is 0.170 e. The first-order valence-corrected chi connectivity index (χ1v) is 8.43. The second kappa shape index (κ2) is 6.10. The second-order valence-electron chi connectivity index (χ2n) is 7.32. The topological polar surface area (TPSA) is 61.5 Å². The summed E-state index contributed by atoms with van der Waals surface area (Å²) in [5.74, 6) is 1.37. The van der Waals surface area contributed by atoms with Crippen LogP contribution in [0.5, 0.6) is 11.5 Å². The van der Waals surface area contributed by atoms with E-state index in [2.05, 4.69) is 19.9 Å². The summed E-state index contributed by atoms with van der Waals surface area (Å²) in [6, 6.07) is 11.4. The number of hydrogen-bond donors (Lipinski definition) is 1. The molecule has 1 aliphatic rings. The van der Waals surface area contributed by atoms with E-state index < -0.39 is 0 Å². The SMILES string of the molecule is COc1ccc(OC)c(C(=O)C2C(c3ccc(C)c(N)c3)C2(C)C)c1. The highest BCUT2D eigenvalue weighted by atomic mass is 16.5. The Balaban J connectivity index is 1.96. The van der Waals surface area contributed by atoms with E-state index in [-0.39, 0.29) is 23.0 Å². The number of aryl methyl sites for hydroxylation is 1. The fourth-order valence-corrected chi connectivity index (χ4v) is 3.78. The molecule has 25 heavy (non-hydrogen) atoms. The van der Waals surface area contributed by atoms with Gasteiger partial charge in [0.15, 0.2) is 5.78 Å². The molecule has 2 N–H and O–H groups in total. The zero-order valence-electron chi connectivity index (χ0n) is 15.4. The number of ketones is 1. The molecule has 2 aromatic carbocycles. The first-order chi connectivity index (χ1) is 11.8. The molecule has 0 heterocycles. The van der Waals surface area contributed by atoms with E-state index >= 15 is 0 Å². The Hall–Kier alpha value is -2.49. The average molecular weight is 339 g/mol. The van der Waals surface area contributed by atoms with Crippen molar-refractivity contribution in [1.82, 2.24) is 0 Å². The molecule has 0 spiro atoms. The van der Waals surface area contributed by atoms with Gasteiger partial charge in [-0.05, 0) is 47.7 Å². The van der Waals surface area contributed by atoms with Crippen LogP contribution >= 0.6 is 0 Å². The van der Waals surface area contributed by atoms with E-state index in [4.69, 9.17) is 15.2 Å². The van der Waals surface area contributed by atoms with Crippen LogP contribution in [0.1, 0.15) is 41.3 Å². The van der Waals surface area contributed by atoms with Crippen LogP contribution in [0.15, 0.2) is 36.4 Å². The van der Waals surface area contributed by atoms with Crippen molar-refractivity contribution in [2.45, 2.75) is 26.7 Å². The molecule has 0 amide bonds. The fraction of sp³-hybridized carbons (Fsp3) is 0.381. The standard InChI is InChI=1S/C21H25NO3/c1-12-6-7-13(10-16(12)22)18-19(21(18,2)3)20(23)15-11-14(24-4)8-9-17(15)25-5/h6-11,18-19H,22H2,1-5H3. The molecule has 1 fully saturated rings. The van der Waals surface area contributed by atoms with Gasteiger partial charge in [-0.2, -0.15) is 0 Å². The molecule has 2 aromatic rings. The van der Waals surface area contributed by atoms with Gasteiger partial charge in [-0.25, -0.2) is 0 Å². The molecule has 0 radical (unpaired) electrons. The van der Waals surface area contributed by atoms with Gasteiger partial charge in [-0.3, -0.25) is 4.79 Å². The minimum absolute atomic E-state index is 0.0879. The van der Waals surface area contributed by atoms with E-state index in [1.165, 1.54) is 0 Å². The third-order valence-corrected chi connectivity index (χ3v) is 5.44. The van der Waals surface area contributed by atoms with Gasteiger partial charge in [0.25, 0.3) is 0 Å². The summed E-state index contributed by atoms with van der Waals surface area (Å²) in [5.41, 5.74) is 9.47. The Labute approximate surface area is 148 Å². The number of nitrogen functional groups attached to an aromatic ring is 1. The summed E-state index contributed by atoms with van der Waals surface area (Å²) < 4.78 is 10.7. The highest BCUT2D eigenvalue weighted by molar-refractivity contribution is 6.04. The van der Waals surface area contributed by atoms with E-state index in [1.54, 1.807) is 32.4 Å². The number of carbonyl (C=O) groups excluding carboxylic acids is 1. The van der Waals surface area contributed by atoms with Crippen molar-refractivity contribution in [1.29, 1.82) is 0 Å². The lowest BCUT2D eigenvalue weighted by molar-refractivity contribution is 0.0948. The van der Waals surface area contributed by atoms with Gasteiger partial charge >= 0.3 is 0 Å². The Kier molecular flexibility index (Phi) is 4.23. The van der Waals surface area contributed by atoms with Crippen LogP contribution in [0.25, 0.3) is 0 Å².